The summed E-state index contributed by atoms with van der Waals surface area (Å²) in [6.07, 6.45) is 0. The molecule has 2 aromatic carbocycles. The van der Waals surface area contributed by atoms with E-state index in [0.29, 0.717) is 18.1 Å². The van der Waals surface area contributed by atoms with Gasteiger partial charge >= 0.3 is 0 Å². The van der Waals surface area contributed by atoms with Gasteiger partial charge in [-0.15, -0.1) is 24.0 Å². The first-order valence-corrected chi connectivity index (χ1v) is 9.91. The fraction of sp³-hybridized carbons (Fsp3) is 0.409. The second kappa shape index (κ2) is 12.8. The Morgan fingerprint density at radius 1 is 0.931 bits per heavy atom. The summed E-state index contributed by atoms with van der Waals surface area (Å²) in [5.74, 6) is 0.504. The first-order valence-electron chi connectivity index (χ1n) is 9.91. The molecule has 1 aliphatic rings. The van der Waals surface area contributed by atoms with Gasteiger partial charge in [-0.05, 0) is 11.6 Å². The molecule has 0 unspecified atom stereocenters. The van der Waals surface area contributed by atoms with Crippen LogP contribution in [0.25, 0.3) is 0 Å². The fourth-order valence-corrected chi connectivity index (χ4v) is 3.39. The molecule has 0 saturated carbocycles. The van der Waals surface area contributed by atoms with Crippen LogP contribution in [0.5, 0.6) is 0 Å². The average Bonchev–Trinajstić information content (AvgIpc) is 2.73. The monoisotopic (exact) mass is 511 g/mol. The Hall–Kier alpha value is -1.71. The van der Waals surface area contributed by atoms with Crippen molar-refractivity contribution in [2.75, 3.05) is 46.3 Å². The number of rotatable bonds is 7. The lowest BCUT2D eigenvalue weighted by Crippen LogP contribution is -2.48. The standard InChI is InChI=1S/C22H30FN5.HI/c1-24-22(26-17-20-9-5-6-10-21(20)23)25-11-12-27-13-15-28(16-14-27)18-19-7-3-2-4-8-19;/h2-10H,11-18H2,1H3,(H2,24,25,26);1H. The number of halogens is 2. The van der Waals surface area contributed by atoms with Crippen LogP contribution in [0.15, 0.2) is 59.6 Å². The second-order valence-electron chi connectivity index (χ2n) is 7.05. The summed E-state index contributed by atoms with van der Waals surface area (Å²) in [6, 6.07) is 17.4. The molecule has 0 aromatic heterocycles. The van der Waals surface area contributed by atoms with Crippen LogP contribution in [0.3, 0.4) is 0 Å². The van der Waals surface area contributed by atoms with Crippen molar-refractivity contribution in [1.82, 2.24) is 20.4 Å². The number of benzene rings is 2. The van der Waals surface area contributed by atoms with Gasteiger partial charge in [0.25, 0.3) is 0 Å². The van der Waals surface area contributed by atoms with Crippen LogP contribution in [0, 0.1) is 5.82 Å². The highest BCUT2D eigenvalue weighted by Crippen LogP contribution is 2.08. The van der Waals surface area contributed by atoms with Gasteiger partial charge in [0, 0.05) is 65.0 Å². The van der Waals surface area contributed by atoms with E-state index in [0.717, 1.165) is 45.8 Å². The molecule has 1 aliphatic heterocycles. The molecule has 2 N–H and O–H groups in total. The molecule has 158 valence electrons. The third-order valence-electron chi connectivity index (χ3n) is 5.06. The maximum Gasteiger partial charge on any atom is 0.191 e. The van der Waals surface area contributed by atoms with Gasteiger partial charge in [-0.25, -0.2) is 4.39 Å². The van der Waals surface area contributed by atoms with Gasteiger partial charge in [-0.3, -0.25) is 14.8 Å². The number of nitrogens with one attached hydrogen (secondary N) is 2. The summed E-state index contributed by atoms with van der Waals surface area (Å²) < 4.78 is 13.7. The van der Waals surface area contributed by atoms with Gasteiger partial charge in [-0.1, -0.05) is 48.5 Å². The van der Waals surface area contributed by atoms with E-state index in [4.69, 9.17) is 0 Å². The Kier molecular flexibility index (Phi) is 10.4. The highest BCUT2D eigenvalue weighted by molar-refractivity contribution is 14.0. The van der Waals surface area contributed by atoms with E-state index in [1.54, 1.807) is 19.2 Å². The predicted octanol–water partition coefficient (Wildman–Crippen LogP) is 2.93. The van der Waals surface area contributed by atoms with E-state index in [1.165, 1.54) is 11.6 Å². The first kappa shape index (κ1) is 23.6. The third kappa shape index (κ3) is 7.91. The molecule has 0 atom stereocenters. The molecule has 5 nitrogen and oxygen atoms in total. The molecule has 7 heteroatoms. The van der Waals surface area contributed by atoms with E-state index in [9.17, 15) is 4.39 Å². The van der Waals surface area contributed by atoms with Crippen molar-refractivity contribution < 1.29 is 4.39 Å². The van der Waals surface area contributed by atoms with Crippen LogP contribution in [-0.4, -0.2) is 62.1 Å². The second-order valence-corrected chi connectivity index (χ2v) is 7.05. The van der Waals surface area contributed by atoms with Crippen molar-refractivity contribution in [3.63, 3.8) is 0 Å². The van der Waals surface area contributed by atoms with Crippen molar-refractivity contribution in [1.29, 1.82) is 0 Å². The van der Waals surface area contributed by atoms with Gasteiger partial charge in [0.2, 0.25) is 0 Å². The summed E-state index contributed by atoms with van der Waals surface area (Å²) >= 11 is 0. The van der Waals surface area contributed by atoms with E-state index >= 15 is 0 Å². The largest absolute Gasteiger partial charge is 0.355 e. The maximum atomic E-state index is 13.7. The van der Waals surface area contributed by atoms with Crippen LogP contribution in [-0.2, 0) is 13.1 Å². The zero-order valence-corrected chi connectivity index (χ0v) is 19.3. The normalized spacial score (nSPS) is 15.6. The van der Waals surface area contributed by atoms with Crippen molar-refractivity contribution in [2.24, 2.45) is 4.99 Å². The van der Waals surface area contributed by atoms with Crippen molar-refractivity contribution >= 4 is 29.9 Å². The third-order valence-corrected chi connectivity index (χ3v) is 5.06. The molecule has 29 heavy (non-hydrogen) atoms. The Balaban J connectivity index is 0.00000300. The highest BCUT2D eigenvalue weighted by Gasteiger charge is 2.16. The molecule has 2 aromatic rings. The van der Waals surface area contributed by atoms with Crippen LogP contribution in [0.2, 0.25) is 0 Å². The Morgan fingerprint density at radius 3 is 2.28 bits per heavy atom. The minimum absolute atomic E-state index is 0. The molecular formula is C22H31FIN5. The van der Waals surface area contributed by atoms with E-state index < -0.39 is 0 Å². The Bertz CT molecular complexity index is 748. The number of hydrogen-bond donors (Lipinski definition) is 2. The molecular weight excluding hydrogens is 480 g/mol. The minimum Gasteiger partial charge on any atom is -0.355 e. The lowest BCUT2D eigenvalue weighted by atomic mass is 10.2. The molecule has 0 bridgehead atoms. The van der Waals surface area contributed by atoms with Crippen molar-refractivity contribution in [3.8, 4) is 0 Å². The average molecular weight is 511 g/mol. The number of nitrogens with zero attached hydrogens (tertiary/aromatic N) is 3. The topological polar surface area (TPSA) is 42.9 Å². The molecule has 1 fully saturated rings. The van der Waals surface area contributed by atoms with E-state index in [2.05, 4.69) is 55.8 Å². The highest BCUT2D eigenvalue weighted by atomic mass is 127. The number of guanidine groups is 1. The van der Waals surface area contributed by atoms with Crippen LogP contribution in [0.4, 0.5) is 4.39 Å². The SMILES string of the molecule is CN=C(NCCN1CCN(Cc2ccccc2)CC1)NCc1ccccc1F.I. The first-order chi connectivity index (χ1) is 13.7. The molecule has 1 saturated heterocycles. The van der Waals surface area contributed by atoms with Gasteiger partial charge in [0.05, 0.1) is 0 Å². The smallest absolute Gasteiger partial charge is 0.191 e. The van der Waals surface area contributed by atoms with Crippen LogP contribution < -0.4 is 10.6 Å². The summed E-state index contributed by atoms with van der Waals surface area (Å²) in [7, 11) is 1.74. The molecule has 0 amide bonds. The van der Waals surface area contributed by atoms with Gasteiger partial charge in [0.15, 0.2) is 5.96 Å². The molecule has 3 rings (SSSR count). The van der Waals surface area contributed by atoms with Crippen LogP contribution >= 0.6 is 24.0 Å². The fourth-order valence-electron chi connectivity index (χ4n) is 3.39. The van der Waals surface area contributed by atoms with Gasteiger partial charge in [0.1, 0.15) is 5.82 Å². The quantitative estimate of drug-likeness (QED) is 0.341. The predicted molar refractivity (Wildman–Crippen MR) is 128 cm³/mol. The molecule has 1 heterocycles. The summed E-state index contributed by atoms with van der Waals surface area (Å²) in [4.78, 5) is 9.20. The zero-order valence-electron chi connectivity index (χ0n) is 17.0. The Labute approximate surface area is 190 Å². The Morgan fingerprint density at radius 2 is 1.59 bits per heavy atom. The number of piperazine rings is 1. The van der Waals surface area contributed by atoms with Crippen molar-refractivity contribution in [2.45, 2.75) is 13.1 Å². The lowest BCUT2D eigenvalue weighted by Gasteiger charge is -2.34. The molecule has 0 radical (unpaired) electrons. The van der Waals surface area contributed by atoms with Gasteiger partial charge < -0.3 is 10.6 Å². The molecule has 0 spiro atoms. The van der Waals surface area contributed by atoms with Crippen LogP contribution in [0.1, 0.15) is 11.1 Å². The maximum absolute atomic E-state index is 13.7. The summed E-state index contributed by atoms with van der Waals surface area (Å²) in [5, 5.41) is 6.49. The summed E-state index contributed by atoms with van der Waals surface area (Å²) in [6.45, 7) is 7.58. The zero-order chi connectivity index (χ0) is 19.6. The van der Waals surface area contributed by atoms with E-state index in [1.807, 2.05) is 6.07 Å². The van der Waals surface area contributed by atoms with E-state index in [-0.39, 0.29) is 29.8 Å². The number of hydrogen-bond acceptors (Lipinski definition) is 3. The summed E-state index contributed by atoms with van der Waals surface area (Å²) in [5.41, 5.74) is 2.02. The minimum atomic E-state index is -0.196. The number of aliphatic imine (C=N–C) groups is 1. The van der Waals surface area contributed by atoms with Crippen molar-refractivity contribution in [3.05, 3.63) is 71.5 Å². The van der Waals surface area contributed by atoms with Gasteiger partial charge in [-0.2, -0.15) is 0 Å². The molecule has 0 aliphatic carbocycles. The lowest BCUT2D eigenvalue weighted by molar-refractivity contribution is 0.129.